The summed E-state index contributed by atoms with van der Waals surface area (Å²) in [7, 11) is -0.662. The van der Waals surface area contributed by atoms with E-state index in [1.54, 1.807) is 0 Å². The zero-order chi connectivity index (χ0) is 13.7. The van der Waals surface area contributed by atoms with Gasteiger partial charge in [0.25, 0.3) is 0 Å². The third-order valence-electron chi connectivity index (χ3n) is 3.89. The van der Waals surface area contributed by atoms with Gasteiger partial charge in [-0.2, -0.15) is 0 Å². The van der Waals surface area contributed by atoms with Crippen molar-refractivity contribution in [3.05, 3.63) is 29.3 Å². The van der Waals surface area contributed by atoms with Gasteiger partial charge in [0.15, 0.2) is 11.6 Å². The maximum atomic E-state index is 13.5. The van der Waals surface area contributed by atoms with Crippen LogP contribution >= 0.6 is 0 Å². The van der Waals surface area contributed by atoms with Gasteiger partial charge in [-0.3, -0.25) is 0 Å². The quantitative estimate of drug-likeness (QED) is 0.717. The highest BCUT2D eigenvalue weighted by molar-refractivity contribution is 6.62. The third-order valence-corrected chi connectivity index (χ3v) is 3.89. The van der Waals surface area contributed by atoms with Gasteiger partial charge in [0.1, 0.15) is 0 Å². The van der Waals surface area contributed by atoms with E-state index in [4.69, 9.17) is 9.31 Å². The molecule has 18 heavy (non-hydrogen) atoms. The SMILES string of the molecule is Cc1c(B2OC(C)(C)C(C)(C)O2)ccc(F)c1F. The van der Waals surface area contributed by atoms with Crippen LogP contribution in [0.2, 0.25) is 0 Å². The second-order valence-electron chi connectivity index (χ2n) is 5.66. The van der Waals surface area contributed by atoms with Crippen LogP contribution < -0.4 is 5.46 Å². The molecule has 0 spiro atoms. The summed E-state index contributed by atoms with van der Waals surface area (Å²) in [4.78, 5) is 0. The lowest BCUT2D eigenvalue weighted by atomic mass is 9.76. The van der Waals surface area contributed by atoms with E-state index in [-0.39, 0.29) is 5.56 Å². The summed E-state index contributed by atoms with van der Waals surface area (Å²) in [5, 5.41) is 0. The summed E-state index contributed by atoms with van der Waals surface area (Å²) in [6, 6.07) is 2.61. The molecule has 0 radical (unpaired) electrons. The minimum atomic E-state index is -0.854. The van der Waals surface area contributed by atoms with Crippen LogP contribution in [-0.2, 0) is 9.31 Å². The lowest BCUT2D eigenvalue weighted by Crippen LogP contribution is -2.41. The molecule has 0 atom stereocenters. The number of rotatable bonds is 1. The molecule has 1 aromatic carbocycles. The standard InChI is InChI=1S/C13H17BF2O2/c1-8-9(6-7-10(15)11(8)16)14-17-12(2,3)13(4,5)18-14/h6-7H,1-5H3. The number of benzene rings is 1. The van der Waals surface area contributed by atoms with Crippen molar-refractivity contribution in [2.24, 2.45) is 0 Å². The highest BCUT2D eigenvalue weighted by Gasteiger charge is 2.52. The Bertz CT molecular complexity index is 470. The number of hydrogen-bond acceptors (Lipinski definition) is 2. The Balaban J connectivity index is 2.39. The van der Waals surface area contributed by atoms with Crippen LogP contribution in [0.25, 0.3) is 0 Å². The molecule has 0 unspecified atom stereocenters. The lowest BCUT2D eigenvalue weighted by Gasteiger charge is -2.32. The summed E-state index contributed by atoms with van der Waals surface area (Å²) >= 11 is 0. The van der Waals surface area contributed by atoms with Crippen molar-refractivity contribution < 1.29 is 18.1 Å². The Kier molecular flexibility index (Phi) is 3.02. The highest BCUT2D eigenvalue weighted by atomic mass is 19.2. The average molecular weight is 254 g/mol. The van der Waals surface area contributed by atoms with Crippen molar-refractivity contribution in [1.82, 2.24) is 0 Å². The van der Waals surface area contributed by atoms with Crippen molar-refractivity contribution >= 4 is 12.6 Å². The first-order chi connectivity index (χ1) is 8.16. The fourth-order valence-corrected chi connectivity index (χ4v) is 1.89. The van der Waals surface area contributed by atoms with E-state index in [1.807, 2.05) is 27.7 Å². The van der Waals surface area contributed by atoms with Crippen molar-refractivity contribution in [2.45, 2.75) is 45.8 Å². The molecular formula is C13H17BF2O2. The summed E-state index contributed by atoms with van der Waals surface area (Å²) in [6.07, 6.45) is 0. The molecule has 98 valence electrons. The van der Waals surface area contributed by atoms with Gasteiger partial charge in [-0.15, -0.1) is 0 Å². The van der Waals surface area contributed by atoms with Gasteiger partial charge < -0.3 is 9.31 Å². The van der Waals surface area contributed by atoms with Crippen LogP contribution in [0.15, 0.2) is 12.1 Å². The number of hydrogen-bond donors (Lipinski definition) is 0. The fraction of sp³-hybridized carbons (Fsp3) is 0.538. The Morgan fingerprint density at radius 3 is 2.00 bits per heavy atom. The van der Waals surface area contributed by atoms with Gasteiger partial charge in [-0.05, 0) is 51.7 Å². The molecule has 1 saturated heterocycles. The minimum Gasteiger partial charge on any atom is -0.399 e. The summed E-state index contributed by atoms with van der Waals surface area (Å²) in [5.41, 5.74) is -0.217. The topological polar surface area (TPSA) is 18.5 Å². The predicted octanol–water partition coefficient (Wildman–Crippen LogP) is 2.57. The van der Waals surface area contributed by atoms with Gasteiger partial charge in [-0.25, -0.2) is 8.78 Å². The smallest absolute Gasteiger partial charge is 0.399 e. The van der Waals surface area contributed by atoms with Crippen molar-refractivity contribution in [3.8, 4) is 0 Å². The monoisotopic (exact) mass is 254 g/mol. The molecule has 1 aromatic rings. The Labute approximate surface area is 106 Å². The Morgan fingerprint density at radius 2 is 1.50 bits per heavy atom. The first kappa shape index (κ1) is 13.5. The van der Waals surface area contributed by atoms with E-state index in [9.17, 15) is 8.78 Å². The van der Waals surface area contributed by atoms with Crippen LogP contribution in [-0.4, -0.2) is 18.3 Å². The van der Waals surface area contributed by atoms with Gasteiger partial charge in [-0.1, -0.05) is 6.07 Å². The summed E-state index contributed by atoms with van der Waals surface area (Å²) in [5.74, 6) is -1.70. The van der Waals surface area contributed by atoms with Crippen LogP contribution in [0.5, 0.6) is 0 Å². The van der Waals surface area contributed by atoms with Crippen LogP contribution in [0.4, 0.5) is 8.78 Å². The Hall–Kier alpha value is -0.935. The molecule has 1 fully saturated rings. The van der Waals surface area contributed by atoms with Gasteiger partial charge in [0.05, 0.1) is 11.2 Å². The first-order valence-electron chi connectivity index (χ1n) is 5.96. The minimum absolute atomic E-state index is 0.230. The molecule has 0 aliphatic carbocycles. The maximum Gasteiger partial charge on any atom is 0.495 e. The van der Waals surface area contributed by atoms with E-state index in [1.165, 1.54) is 13.0 Å². The zero-order valence-corrected chi connectivity index (χ0v) is 11.3. The summed E-state index contributed by atoms with van der Waals surface area (Å²) in [6.45, 7) is 9.20. The van der Waals surface area contributed by atoms with Crippen molar-refractivity contribution in [2.75, 3.05) is 0 Å². The Morgan fingerprint density at radius 1 is 1.00 bits per heavy atom. The van der Waals surface area contributed by atoms with Crippen LogP contribution in [0.1, 0.15) is 33.3 Å². The van der Waals surface area contributed by atoms with E-state index >= 15 is 0 Å². The predicted molar refractivity (Wildman–Crippen MR) is 66.8 cm³/mol. The van der Waals surface area contributed by atoms with Crippen molar-refractivity contribution in [1.29, 1.82) is 0 Å². The summed E-state index contributed by atoms with van der Waals surface area (Å²) < 4.78 is 38.3. The fourth-order valence-electron chi connectivity index (χ4n) is 1.89. The van der Waals surface area contributed by atoms with Crippen molar-refractivity contribution in [3.63, 3.8) is 0 Å². The molecule has 0 bridgehead atoms. The molecule has 1 heterocycles. The molecule has 0 N–H and O–H groups in total. The van der Waals surface area contributed by atoms with E-state index in [0.29, 0.717) is 5.46 Å². The molecular weight excluding hydrogens is 237 g/mol. The molecule has 5 heteroatoms. The van der Waals surface area contributed by atoms with Crippen LogP contribution in [0, 0.1) is 18.6 Å². The maximum absolute atomic E-state index is 13.5. The van der Waals surface area contributed by atoms with Crippen LogP contribution in [0.3, 0.4) is 0 Å². The van der Waals surface area contributed by atoms with E-state index < -0.39 is 30.0 Å². The lowest BCUT2D eigenvalue weighted by molar-refractivity contribution is 0.00578. The molecule has 0 aromatic heterocycles. The van der Waals surface area contributed by atoms with Gasteiger partial charge >= 0.3 is 7.12 Å². The molecule has 2 rings (SSSR count). The normalized spacial score (nSPS) is 21.4. The molecule has 0 amide bonds. The van der Waals surface area contributed by atoms with E-state index in [2.05, 4.69) is 0 Å². The van der Waals surface area contributed by atoms with E-state index in [0.717, 1.165) is 6.07 Å². The van der Waals surface area contributed by atoms with Gasteiger partial charge in [0.2, 0.25) is 0 Å². The first-order valence-corrected chi connectivity index (χ1v) is 5.96. The second-order valence-corrected chi connectivity index (χ2v) is 5.66. The zero-order valence-electron chi connectivity index (χ0n) is 11.3. The second kappa shape index (κ2) is 4.03. The molecule has 1 aliphatic rings. The molecule has 1 aliphatic heterocycles. The average Bonchev–Trinajstić information content (AvgIpc) is 2.45. The molecule has 2 nitrogen and oxygen atoms in total. The largest absolute Gasteiger partial charge is 0.495 e. The van der Waals surface area contributed by atoms with Gasteiger partial charge in [0, 0.05) is 0 Å². The highest BCUT2D eigenvalue weighted by Crippen LogP contribution is 2.36. The third kappa shape index (κ3) is 1.95. The number of halogens is 2. The molecule has 0 saturated carbocycles.